The molecule has 19 heavy (non-hydrogen) atoms. The quantitative estimate of drug-likeness (QED) is 0.851. The fraction of sp³-hybridized carbons (Fsp3) is 0.400. The Bertz CT molecular complexity index is 555. The lowest BCUT2D eigenvalue weighted by atomic mass is 10.2. The Balaban J connectivity index is 3.09. The molecule has 0 atom stereocenters. The lowest BCUT2D eigenvalue weighted by molar-refractivity contribution is -0.267. The molecule has 1 N–H and O–H groups in total. The molecule has 0 saturated carbocycles. The van der Waals surface area contributed by atoms with Crippen molar-refractivity contribution in [2.75, 3.05) is 5.32 Å². The van der Waals surface area contributed by atoms with E-state index in [4.69, 9.17) is 5.26 Å². The van der Waals surface area contributed by atoms with Crippen molar-refractivity contribution < 1.29 is 26.7 Å². The first-order valence-electron chi connectivity index (χ1n) is 4.78. The Labute approximate surface area is 108 Å². The molecule has 0 unspecified atom stereocenters. The molecular formula is C10H7F5N2OS. The van der Waals surface area contributed by atoms with E-state index in [2.05, 4.69) is 0 Å². The zero-order valence-electron chi connectivity index (χ0n) is 9.65. The number of hydrogen-bond donors (Lipinski definition) is 1. The van der Waals surface area contributed by atoms with Crippen LogP contribution in [-0.4, -0.2) is 18.0 Å². The molecule has 1 aromatic rings. The van der Waals surface area contributed by atoms with Crippen molar-refractivity contribution in [3.8, 4) is 6.07 Å². The van der Waals surface area contributed by atoms with Gasteiger partial charge >= 0.3 is 18.0 Å². The molecule has 0 spiro atoms. The van der Waals surface area contributed by atoms with Gasteiger partial charge in [-0.3, -0.25) is 4.79 Å². The molecule has 0 saturated heterocycles. The van der Waals surface area contributed by atoms with Crippen molar-refractivity contribution in [3.05, 3.63) is 16.0 Å². The van der Waals surface area contributed by atoms with Crippen LogP contribution in [-0.2, 0) is 4.79 Å². The van der Waals surface area contributed by atoms with Crippen LogP contribution in [0.15, 0.2) is 0 Å². The molecular weight excluding hydrogens is 291 g/mol. The molecule has 0 aliphatic heterocycles. The Hall–Kier alpha value is -1.69. The summed E-state index contributed by atoms with van der Waals surface area (Å²) in [5.74, 6) is -8.01. The number of amides is 1. The molecule has 0 aliphatic carbocycles. The highest BCUT2D eigenvalue weighted by Gasteiger charge is 2.63. The van der Waals surface area contributed by atoms with E-state index in [1.165, 1.54) is 12.2 Å². The average Bonchev–Trinajstić information content (AvgIpc) is 2.52. The van der Waals surface area contributed by atoms with Gasteiger partial charge in [0.05, 0.1) is 5.56 Å². The van der Waals surface area contributed by atoms with Gasteiger partial charge in [0.25, 0.3) is 0 Å². The number of nitriles is 1. The van der Waals surface area contributed by atoms with Gasteiger partial charge in [-0.1, -0.05) is 0 Å². The topological polar surface area (TPSA) is 52.9 Å². The summed E-state index contributed by atoms with van der Waals surface area (Å²) in [7, 11) is 0. The van der Waals surface area contributed by atoms with Gasteiger partial charge in [-0.05, 0) is 19.4 Å². The molecule has 0 aliphatic rings. The summed E-state index contributed by atoms with van der Waals surface area (Å²) in [6.07, 6.45) is -5.98. The molecule has 0 aromatic carbocycles. The number of nitrogens with one attached hydrogen (secondary N) is 1. The number of carbonyl (C=O) groups is 1. The lowest BCUT2D eigenvalue weighted by Gasteiger charge is -2.18. The van der Waals surface area contributed by atoms with Gasteiger partial charge in [0, 0.05) is 4.88 Å². The summed E-state index contributed by atoms with van der Waals surface area (Å²) in [4.78, 5) is 11.5. The Morgan fingerprint density at radius 1 is 1.26 bits per heavy atom. The highest BCUT2D eigenvalue weighted by atomic mass is 32.1. The average molecular weight is 298 g/mol. The summed E-state index contributed by atoms with van der Waals surface area (Å²) in [6, 6.07) is 1.65. The number of anilines is 1. The summed E-state index contributed by atoms with van der Waals surface area (Å²) in [5, 5.41) is 9.93. The zero-order chi connectivity index (χ0) is 15.0. The molecule has 0 radical (unpaired) electrons. The van der Waals surface area contributed by atoms with E-state index in [1.54, 1.807) is 13.0 Å². The molecule has 1 aromatic heterocycles. The predicted octanol–water partition coefficient (Wildman–Crippen LogP) is 3.37. The fourth-order valence-corrected chi connectivity index (χ4v) is 2.17. The van der Waals surface area contributed by atoms with Gasteiger partial charge in [-0.2, -0.15) is 27.2 Å². The van der Waals surface area contributed by atoms with Crippen LogP contribution in [0.25, 0.3) is 0 Å². The van der Waals surface area contributed by atoms with Crippen LogP contribution in [0.3, 0.4) is 0 Å². The first-order valence-corrected chi connectivity index (χ1v) is 5.60. The summed E-state index contributed by atoms with van der Waals surface area (Å²) < 4.78 is 61.4. The molecule has 3 nitrogen and oxygen atoms in total. The summed E-state index contributed by atoms with van der Waals surface area (Å²) in [6.45, 7) is 3.06. The van der Waals surface area contributed by atoms with E-state index >= 15 is 0 Å². The van der Waals surface area contributed by atoms with Crippen LogP contribution in [0, 0.1) is 25.2 Å². The highest BCUT2D eigenvalue weighted by molar-refractivity contribution is 7.16. The van der Waals surface area contributed by atoms with E-state index in [0.717, 1.165) is 11.3 Å². The molecule has 1 heterocycles. The highest BCUT2D eigenvalue weighted by Crippen LogP contribution is 2.38. The predicted molar refractivity (Wildman–Crippen MR) is 58.1 cm³/mol. The lowest BCUT2D eigenvalue weighted by Crippen LogP contribution is -2.47. The van der Waals surface area contributed by atoms with Crippen molar-refractivity contribution in [2.45, 2.75) is 25.9 Å². The molecule has 104 valence electrons. The van der Waals surface area contributed by atoms with Gasteiger partial charge in [-0.25, -0.2) is 0 Å². The van der Waals surface area contributed by atoms with Gasteiger partial charge in [0.1, 0.15) is 11.1 Å². The van der Waals surface area contributed by atoms with Crippen LogP contribution >= 0.6 is 11.3 Å². The van der Waals surface area contributed by atoms with Gasteiger partial charge < -0.3 is 5.32 Å². The SMILES string of the molecule is Cc1sc(NC(=O)C(F)(F)C(F)(F)F)c(C#N)c1C. The third-order valence-electron chi connectivity index (χ3n) is 2.37. The molecule has 9 heteroatoms. The van der Waals surface area contributed by atoms with E-state index in [0.29, 0.717) is 10.4 Å². The van der Waals surface area contributed by atoms with Crippen LogP contribution < -0.4 is 5.32 Å². The number of rotatable bonds is 2. The van der Waals surface area contributed by atoms with E-state index in [1.807, 2.05) is 0 Å². The normalized spacial score (nSPS) is 12.1. The van der Waals surface area contributed by atoms with Crippen LogP contribution in [0.2, 0.25) is 0 Å². The summed E-state index contributed by atoms with van der Waals surface area (Å²) >= 11 is 0.766. The minimum absolute atomic E-state index is 0.117. The minimum atomic E-state index is -5.98. The van der Waals surface area contributed by atoms with E-state index < -0.39 is 18.0 Å². The van der Waals surface area contributed by atoms with Crippen LogP contribution in [0.1, 0.15) is 16.0 Å². The van der Waals surface area contributed by atoms with Crippen molar-refractivity contribution >= 4 is 22.2 Å². The molecule has 1 amide bonds. The number of aryl methyl sites for hydroxylation is 1. The van der Waals surface area contributed by atoms with Gasteiger partial charge in [0.15, 0.2) is 0 Å². The summed E-state index contributed by atoms with van der Waals surface area (Å²) in [5.41, 5.74) is 0.312. The van der Waals surface area contributed by atoms with Crippen LogP contribution in [0.4, 0.5) is 27.0 Å². The molecule has 0 bridgehead atoms. The molecule has 0 fully saturated rings. The number of halogens is 5. The monoisotopic (exact) mass is 298 g/mol. The number of nitrogens with zero attached hydrogens (tertiary/aromatic N) is 1. The second-order valence-electron chi connectivity index (χ2n) is 3.63. The van der Waals surface area contributed by atoms with Crippen molar-refractivity contribution in [1.82, 2.24) is 0 Å². The second kappa shape index (κ2) is 4.77. The third-order valence-corrected chi connectivity index (χ3v) is 3.49. The third kappa shape index (κ3) is 2.68. The molecule has 1 rings (SSSR count). The first kappa shape index (κ1) is 15.4. The van der Waals surface area contributed by atoms with Gasteiger partial charge in [0.2, 0.25) is 0 Å². The first-order chi connectivity index (χ1) is 8.52. The fourth-order valence-electron chi connectivity index (χ4n) is 1.16. The van der Waals surface area contributed by atoms with E-state index in [9.17, 15) is 26.7 Å². The number of thiophene rings is 1. The van der Waals surface area contributed by atoms with Crippen molar-refractivity contribution in [2.24, 2.45) is 0 Å². The maximum absolute atomic E-state index is 12.7. The second-order valence-corrected chi connectivity index (χ2v) is 4.85. The minimum Gasteiger partial charge on any atom is -0.311 e. The maximum atomic E-state index is 12.7. The largest absolute Gasteiger partial charge is 0.463 e. The smallest absolute Gasteiger partial charge is 0.311 e. The zero-order valence-corrected chi connectivity index (χ0v) is 10.5. The van der Waals surface area contributed by atoms with Gasteiger partial charge in [-0.15, -0.1) is 11.3 Å². The van der Waals surface area contributed by atoms with Crippen LogP contribution in [0.5, 0.6) is 0 Å². The van der Waals surface area contributed by atoms with Crippen molar-refractivity contribution in [3.63, 3.8) is 0 Å². The Kier molecular flexibility index (Phi) is 3.86. The number of hydrogen-bond acceptors (Lipinski definition) is 3. The number of carbonyl (C=O) groups excluding carboxylic acids is 1. The Morgan fingerprint density at radius 2 is 1.79 bits per heavy atom. The maximum Gasteiger partial charge on any atom is 0.463 e. The van der Waals surface area contributed by atoms with E-state index in [-0.39, 0.29) is 10.6 Å². The van der Waals surface area contributed by atoms with Crippen molar-refractivity contribution in [1.29, 1.82) is 5.26 Å². The standard InChI is InChI=1S/C10H7F5N2OS/c1-4-5(2)19-7(6(4)3-16)17-8(18)9(11,12)10(13,14)15/h1-2H3,(H,17,18). The Morgan fingerprint density at radius 3 is 2.21 bits per heavy atom. The number of alkyl halides is 5.